The molecule has 1 saturated heterocycles. The van der Waals surface area contributed by atoms with Crippen molar-refractivity contribution in [3.05, 3.63) is 0 Å². The number of hydrogen-bond acceptors (Lipinski definition) is 7. The SMILES string of the molecule is CCCCCCN(CCCCCC)S[C@@H]1S[C@@H]([C@H](O)CO)[C@H](O)[C@H]1O. The van der Waals surface area contributed by atoms with E-state index in [-0.39, 0.29) is 4.58 Å². The van der Waals surface area contributed by atoms with E-state index in [4.69, 9.17) is 5.11 Å². The van der Waals surface area contributed by atoms with Gasteiger partial charge in [0.15, 0.2) is 0 Å². The van der Waals surface area contributed by atoms with Crippen LogP contribution in [0.5, 0.6) is 0 Å². The molecule has 1 heterocycles. The first-order chi connectivity index (χ1) is 12.0. The van der Waals surface area contributed by atoms with Crippen molar-refractivity contribution in [2.45, 2.75) is 93.4 Å². The number of hydrogen-bond donors (Lipinski definition) is 4. The van der Waals surface area contributed by atoms with Crippen LogP contribution in [0.25, 0.3) is 0 Å². The maximum atomic E-state index is 10.3. The predicted molar refractivity (Wildman–Crippen MR) is 108 cm³/mol. The zero-order valence-corrected chi connectivity index (χ0v) is 17.4. The van der Waals surface area contributed by atoms with Crippen molar-refractivity contribution in [2.75, 3.05) is 19.7 Å². The molecule has 0 aliphatic carbocycles. The summed E-state index contributed by atoms with van der Waals surface area (Å²) in [7, 11) is 0. The molecule has 1 aliphatic heterocycles. The van der Waals surface area contributed by atoms with Gasteiger partial charge in [-0.15, -0.1) is 11.8 Å². The van der Waals surface area contributed by atoms with Gasteiger partial charge in [0, 0.05) is 13.1 Å². The Morgan fingerprint density at radius 3 is 1.96 bits per heavy atom. The maximum absolute atomic E-state index is 10.3. The highest BCUT2D eigenvalue weighted by atomic mass is 32.2. The van der Waals surface area contributed by atoms with Gasteiger partial charge >= 0.3 is 0 Å². The van der Waals surface area contributed by atoms with E-state index in [1.165, 1.54) is 50.3 Å². The summed E-state index contributed by atoms with van der Waals surface area (Å²) in [5, 5.41) is 38.9. The Labute approximate surface area is 161 Å². The quantitative estimate of drug-likeness (QED) is 0.266. The van der Waals surface area contributed by atoms with E-state index in [0.29, 0.717) is 0 Å². The Kier molecular flexibility index (Phi) is 12.8. The van der Waals surface area contributed by atoms with Crippen LogP contribution in [0.15, 0.2) is 0 Å². The minimum atomic E-state index is -0.997. The van der Waals surface area contributed by atoms with Gasteiger partial charge in [0.1, 0.15) is 6.10 Å². The van der Waals surface area contributed by atoms with Gasteiger partial charge in [0.05, 0.1) is 28.6 Å². The molecule has 25 heavy (non-hydrogen) atoms. The van der Waals surface area contributed by atoms with Crippen molar-refractivity contribution in [3.63, 3.8) is 0 Å². The monoisotopic (exact) mass is 395 g/mol. The number of aliphatic hydroxyl groups is 4. The maximum Gasteiger partial charge on any atom is 0.103 e. The second-order valence-electron chi connectivity index (χ2n) is 6.86. The molecule has 7 heteroatoms. The Hall–Kier alpha value is 0.500. The van der Waals surface area contributed by atoms with Crippen molar-refractivity contribution in [3.8, 4) is 0 Å². The van der Waals surface area contributed by atoms with Gasteiger partial charge in [-0.3, -0.25) is 0 Å². The number of aliphatic hydroxyl groups excluding tert-OH is 4. The van der Waals surface area contributed by atoms with Crippen molar-refractivity contribution >= 4 is 23.7 Å². The fraction of sp³-hybridized carbons (Fsp3) is 1.00. The molecule has 0 saturated carbocycles. The van der Waals surface area contributed by atoms with Gasteiger partial charge in [-0.2, -0.15) is 0 Å². The smallest absolute Gasteiger partial charge is 0.103 e. The molecule has 150 valence electrons. The van der Waals surface area contributed by atoms with Crippen LogP contribution in [0.2, 0.25) is 0 Å². The molecule has 0 amide bonds. The summed E-state index contributed by atoms with van der Waals surface area (Å²) in [6.45, 7) is 6.00. The van der Waals surface area contributed by atoms with Crippen LogP contribution in [-0.4, -0.2) is 72.6 Å². The Bertz CT molecular complexity index is 326. The second-order valence-corrected chi connectivity index (χ2v) is 9.71. The van der Waals surface area contributed by atoms with Crippen LogP contribution in [0.4, 0.5) is 0 Å². The molecule has 0 bridgehead atoms. The summed E-state index contributed by atoms with van der Waals surface area (Å²) in [6, 6.07) is 0. The van der Waals surface area contributed by atoms with E-state index in [2.05, 4.69) is 18.2 Å². The first kappa shape index (κ1) is 23.5. The zero-order valence-electron chi connectivity index (χ0n) is 15.7. The zero-order chi connectivity index (χ0) is 18.7. The molecule has 1 rings (SSSR count). The summed E-state index contributed by atoms with van der Waals surface area (Å²) in [5.74, 6) is 0. The average molecular weight is 396 g/mol. The third-order valence-electron chi connectivity index (χ3n) is 4.60. The molecular weight excluding hydrogens is 358 g/mol. The van der Waals surface area contributed by atoms with Gasteiger partial charge in [0.2, 0.25) is 0 Å². The summed E-state index contributed by atoms with van der Waals surface area (Å²) in [4.78, 5) is 0. The molecule has 1 fully saturated rings. The predicted octanol–water partition coefficient (Wildman–Crippen LogP) is 2.61. The summed E-state index contributed by atoms with van der Waals surface area (Å²) in [6.07, 6.45) is 6.79. The average Bonchev–Trinajstić information content (AvgIpc) is 2.89. The van der Waals surface area contributed by atoms with Crippen LogP contribution in [0.1, 0.15) is 65.2 Å². The van der Waals surface area contributed by atoms with E-state index < -0.39 is 30.2 Å². The van der Waals surface area contributed by atoms with E-state index >= 15 is 0 Å². The molecule has 0 radical (unpaired) electrons. The summed E-state index contributed by atoms with van der Waals surface area (Å²) in [5.41, 5.74) is 0. The highest BCUT2D eigenvalue weighted by Gasteiger charge is 2.46. The lowest BCUT2D eigenvalue weighted by Gasteiger charge is -2.26. The van der Waals surface area contributed by atoms with Crippen LogP contribution in [0.3, 0.4) is 0 Å². The molecule has 0 aromatic heterocycles. The normalized spacial score (nSPS) is 28.0. The van der Waals surface area contributed by atoms with Crippen molar-refractivity contribution in [2.24, 2.45) is 0 Å². The van der Waals surface area contributed by atoms with Gasteiger partial charge in [-0.05, 0) is 12.8 Å². The number of rotatable bonds is 14. The van der Waals surface area contributed by atoms with Crippen LogP contribution < -0.4 is 0 Å². The highest BCUT2D eigenvalue weighted by molar-refractivity contribution is 8.16. The number of unbranched alkanes of at least 4 members (excludes halogenated alkanes) is 6. The lowest BCUT2D eigenvalue weighted by atomic mass is 10.1. The largest absolute Gasteiger partial charge is 0.394 e. The van der Waals surface area contributed by atoms with Crippen LogP contribution in [0, 0.1) is 0 Å². The first-order valence-corrected chi connectivity index (χ1v) is 11.5. The third-order valence-corrected chi connectivity index (χ3v) is 7.79. The summed E-state index contributed by atoms with van der Waals surface area (Å²) < 4.78 is 2.13. The molecule has 5 atom stereocenters. The topological polar surface area (TPSA) is 84.2 Å². The van der Waals surface area contributed by atoms with Crippen LogP contribution >= 0.6 is 23.7 Å². The highest BCUT2D eigenvalue weighted by Crippen LogP contribution is 2.43. The fourth-order valence-corrected chi connectivity index (χ4v) is 6.19. The van der Waals surface area contributed by atoms with Crippen molar-refractivity contribution < 1.29 is 20.4 Å². The number of nitrogens with zero attached hydrogens (tertiary/aromatic N) is 1. The summed E-state index contributed by atoms with van der Waals surface area (Å²) >= 11 is 2.99. The Balaban J connectivity index is 2.52. The van der Waals surface area contributed by atoms with Crippen LogP contribution in [-0.2, 0) is 0 Å². The molecule has 0 unspecified atom stereocenters. The van der Waals surface area contributed by atoms with Crippen molar-refractivity contribution in [1.29, 1.82) is 0 Å². The molecule has 5 nitrogen and oxygen atoms in total. The molecule has 0 aromatic rings. The van der Waals surface area contributed by atoms with E-state index in [1.54, 1.807) is 11.9 Å². The Morgan fingerprint density at radius 2 is 1.48 bits per heavy atom. The van der Waals surface area contributed by atoms with E-state index in [1.807, 2.05) is 0 Å². The van der Waals surface area contributed by atoms with Gasteiger partial charge in [-0.1, -0.05) is 64.3 Å². The molecule has 0 spiro atoms. The van der Waals surface area contributed by atoms with Gasteiger partial charge in [0.25, 0.3) is 0 Å². The second kappa shape index (κ2) is 13.6. The lowest BCUT2D eigenvalue weighted by Crippen LogP contribution is -2.39. The van der Waals surface area contributed by atoms with Gasteiger partial charge < -0.3 is 20.4 Å². The molecule has 1 aliphatic rings. The van der Waals surface area contributed by atoms with E-state index in [9.17, 15) is 15.3 Å². The minimum Gasteiger partial charge on any atom is -0.394 e. The molecular formula is C18H37NO4S2. The fourth-order valence-electron chi connectivity index (χ4n) is 2.97. The minimum absolute atomic E-state index is 0.196. The van der Waals surface area contributed by atoms with Crippen molar-refractivity contribution in [1.82, 2.24) is 4.31 Å². The molecule has 0 aromatic carbocycles. The van der Waals surface area contributed by atoms with E-state index in [0.717, 1.165) is 25.9 Å². The number of thioether (sulfide) groups is 1. The molecule has 4 N–H and O–H groups in total. The Morgan fingerprint density at radius 1 is 0.920 bits per heavy atom. The van der Waals surface area contributed by atoms with Gasteiger partial charge in [-0.25, -0.2) is 4.31 Å². The standard InChI is InChI=1S/C18H37NO4S2/c1-3-5-7-9-11-19(12-10-8-6-4-2)25-18-16(23)15(22)17(24-18)14(21)13-20/h14-18,20-23H,3-13H2,1-2H3/t14-,15-,16-,17+,18+/m1/s1. The first-order valence-electron chi connectivity index (χ1n) is 9.77. The lowest BCUT2D eigenvalue weighted by molar-refractivity contribution is -0.00149. The third kappa shape index (κ3) is 8.37.